The summed E-state index contributed by atoms with van der Waals surface area (Å²) in [6, 6.07) is 2.54. The Morgan fingerprint density at radius 2 is 1.65 bits per heavy atom. The van der Waals surface area contributed by atoms with Gasteiger partial charge in [-0.3, -0.25) is 0 Å². The molecular formula is C8H3BF6KN. The molecule has 0 aliphatic carbocycles. The van der Waals surface area contributed by atoms with Crippen molar-refractivity contribution in [1.29, 1.82) is 5.26 Å². The Balaban J connectivity index is 0.00000256. The Kier molecular flexibility index (Phi) is 5.75. The van der Waals surface area contributed by atoms with Gasteiger partial charge in [-0.25, -0.2) is 0 Å². The van der Waals surface area contributed by atoms with Gasteiger partial charge in [0.1, 0.15) is 0 Å². The topological polar surface area (TPSA) is 23.8 Å². The van der Waals surface area contributed by atoms with Crippen LogP contribution in [0.15, 0.2) is 18.2 Å². The van der Waals surface area contributed by atoms with Gasteiger partial charge in [-0.1, -0.05) is 11.5 Å². The standard InChI is InChI=1S/C8H3BF6N.K/c10-8(11,12)6-3-5(4-16)1-2-7(6)9(13,14)15;/h1-3H;/q-1;+1. The number of rotatable bonds is 1. The summed E-state index contributed by atoms with van der Waals surface area (Å²) < 4.78 is 73.8. The SMILES string of the molecule is N#Cc1ccc([B-](F)(F)F)c(C(F)(F)F)c1.[K+]. The zero-order valence-electron chi connectivity index (χ0n) is 8.52. The van der Waals surface area contributed by atoms with Gasteiger partial charge in [-0.05, 0) is 12.1 Å². The molecule has 86 valence electrons. The summed E-state index contributed by atoms with van der Waals surface area (Å²) in [5, 5.41) is 8.33. The maximum atomic E-state index is 12.3. The maximum Gasteiger partial charge on any atom is 1.00 e. The van der Waals surface area contributed by atoms with E-state index in [0.29, 0.717) is 6.07 Å². The molecule has 17 heavy (non-hydrogen) atoms. The van der Waals surface area contributed by atoms with Crippen LogP contribution in [0, 0.1) is 11.3 Å². The molecule has 0 bridgehead atoms. The van der Waals surface area contributed by atoms with Crippen molar-refractivity contribution in [1.82, 2.24) is 0 Å². The second-order valence-electron chi connectivity index (χ2n) is 2.99. The fourth-order valence-corrected chi connectivity index (χ4v) is 1.16. The molecule has 0 aromatic heterocycles. The zero-order valence-corrected chi connectivity index (χ0v) is 11.6. The van der Waals surface area contributed by atoms with Crippen LogP contribution >= 0.6 is 0 Å². The maximum absolute atomic E-state index is 12.3. The first-order valence-electron chi connectivity index (χ1n) is 3.97. The van der Waals surface area contributed by atoms with Gasteiger partial charge in [0.25, 0.3) is 0 Å². The number of alkyl halides is 3. The second kappa shape index (κ2) is 5.75. The van der Waals surface area contributed by atoms with Crippen LogP contribution in [0.2, 0.25) is 0 Å². The van der Waals surface area contributed by atoms with E-state index in [1.54, 1.807) is 0 Å². The first kappa shape index (κ1) is 17.0. The van der Waals surface area contributed by atoms with Gasteiger partial charge in [-0.15, -0.1) is 0 Å². The summed E-state index contributed by atoms with van der Waals surface area (Å²) in [4.78, 5) is 0. The number of hydrogen-bond donors (Lipinski definition) is 0. The normalized spacial score (nSPS) is 11.6. The van der Waals surface area contributed by atoms with Crippen molar-refractivity contribution in [3.8, 4) is 6.07 Å². The molecule has 0 spiro atoms. The van der Waals surface area contributed by atoms with Crippen molar-refractivity contribution in [2.45, 2.75) is 6.18 Å². The molecule has 0 unspecified atom stereocenters. The smallest absolute Gasteiger partial charge is 0.445 e. The first-order valence-corrected chi connectivity index (χ1v) is 3.97. The summed E-state index contributed by atoms with van der Waals surface area (Å²) in [6.45, 7) is -5.75. The summed E-state index contributed by atoms with van der Waals surface area (Å²) in [7, 11) is 0. The molecule has 0 saturated carbocycles. The Bertz CT molecular complexity index is 447. The van der Waals surface area contributed by atoms with Crippen molar-refractivity contribution >= 4 is 12.4 Å². The molecule has 1 aromatic carbocycles. The van der Waals surface area contributed by atoms with Crippen LogP contribution in [0.1, 0.15) is 11.1 Å². The average molecular weight is 277 g/mol. The van der Waals surface area contributed by atoms with Crippen LogP contribution in [0.5, 0.6) is 0 Å². The van der Waals surface area contributed by atoms with Gasteiger partial charge in [0.05, 0.1) is 11.6 Å². The van der Waals surface area contributed by atoms with Crippen LogP contribution in [-0.4, -0.2) is 6.98 Å². The van der Waals surface area contributed by atoms with E-state index in [-0.39, 0.29) is 63.5 Å². The minimum Gasteiger partial charge on any atom is -0.445 e. The molecule has 0 radical (unpaired) electrons. The first-order chi connectivity index (χ1) is 7.16. The quantitative estimate of drug-likeness (QED) is 0.508. The number of nitrogens with zero attached hydrogens (tertiary/aromatic N) is 1. The van der Waals surface area contributed by atoms with Crippen LogP contribution in [0.25, 0.3) is 0 Å². The third-order valence-corrected chi connectivity index (χ3v) is 1.84. The molecule has 0 aliphatic rings. The average Bonchev–Trinajstić information content (AvgIpc) is 2.14. The summed E-state index contributed by atoms with van der Waals surface area (Å²) >= 11 is 0. The summed E-state index contributed by atoms with van der Waals surface area (Å²) in [5.74, 6) is 0. The summed E-state index contributed by atoms with van der Waals surface area (Å²) in [5.41, 5.74) is -4.01. The molecule has 0 amide bonds. The van der Waals surface area contributed by atoms with E-state index in [1.807, 2.05) is 0 Å². The van der Waals surface area contributed by atoms with E-state index in [4.69, 9.17) is 5.26 Å². The van der Waals surface area contributed by atoms with Crippen LogP contribution < -0.4 is 56.8 Å². The largest absolute Gasteiger partial charge is 1.00 e. The molecule has 1 rings (SSSR count). The molecule has 0 aliphatic heterocycles. The fraction of sp³-hybridized carbons (Fsp3) is 0.125. The van der Waals surface area contributed by atoms with Gasteiger partial charge in [0.2, 0.25) is 0 Å². The number of benzene rings is 1. The van der Waals surface area contributed by atoms with Gasteiger partial charge >= 0.3 is 64.5 Å². The third-order valence-electron chi connectivity index (χ3n) is 1.84. The van der Waals surface area contributed by atoms with Crippen molar-refractivity contribution in [3.05, 3.63) is 29.3 Å². The van der Waals surface area contributed by atoms with Crippen LogP contribution in [0.3, 0.4) is 0 Å². The van der Waals surface area contributed by atoms with Gasteiger partial charge in [0, 0.05) is 5.56 Å². The van der Waals surface area contributed by atoms with E-state index in [0.717, 1.165) is 0 Å². The minimum atomic E-state index is -5.75. The van der Waals surface area contributed by atoms with E-state index in [2.05, 4.69) is 0 Å². The van der Waals surface area contributed by atoms with E-state index < -0.39 is 29.7 Å². The number of hydrogen-bond acceptors (Lipinski definition) is 1. The Morgan fingerprint density at radius 1 is 1.12 bits per heavy atom. The number of halogens is 6. The second-order valence-corrected chi connectivity index (χ2v) is 2.99. The molecule has 0 heterocycles. The Hall–Kier alpha value is -0.00870. The van der Waals surface area contributed by atoms with Gasteiger partial charge in [-0.2, -0.15) is 18.4 Å². The van der Waals surface area contributed by atoms with Crippen molar-refractivity contribution in [2.24, 2.45) is 0 Å². The molecule has 1 nitrogen and oxygen atoms in total. The van der Waals surface area contributed by atoms with Gasteiger partial charge < -0.3 is 12.9 Å². The molecule has 0 saturated heterocycles. The third kappa shape index (κ3) is 4.30. The molecule has 9 heteroatoms. The van der Waals surface area contributed by atoms with Crippen molar-refractivity contribution in [2.75, 3.05) is 0 Å². The molecular weight excluding hydrogens is 274 g/mol. The molecule has 0 fully saturated rings. The van der Waals surface area contributed by atoms with Crippen molar-refractivity contribution < 1.29 is 77.5 Å². The monoisotopic (exact) mass is 277 g/mol. The minimum absolute atomic E-state index is 0. The van der Waals surface area contributed by atoms with Crippen LogP contribution in [0.4, 0.5) is 26.1 Å². The summed E-state index contributed by atoms with van der Waals surface area (Å²) in [6.07, 6.45) is -5.13. The Labute approximate surface area is 135 Å². The van der Waals surface area contributed by atoms with Crippen molar-refractivity contribution in [3.63, 3.8) is 0 Å². The Morgan fingerprint density at radius 3 is 2.00 bits per heavy atom. The molecule has 0 N–H and O–H groups in total. The fourth-order valence-electron chi connectivity index (χ4n) is 1.16. The number of nitriles is 1. The van der Waals surface area contributed by atoms with E-state index >= 15 is 0 Å². The predicted molar refractivity (Wildman–Crippen MR) is 44.9 cm³/mol. The van der Waals surface area contributed by atoms with Crippen LogP contribution in [-0.2, 0) is 6.18 Å². The van der Waals surface area contributed by atoms with E-state index in [9.17, 15) is 26.1 Å². The molecule has 1 aromatic rings. The zero-order chi connectivity index (χ0) is 12.6. The molecule has 0 atom stereocenters. The van der Waals surface area contributed by atoms with E-state index in [1.165, 1.54) is 6.07 Å². The van der Waals surface area contributed by atoms with Gasteiger partial charge in [0.15, 0.2) is 0 Å². The predicted octanol–water partition coefficient (Wildman–Crippen LogP) is -0.365.